The minimum Gasteiger partial charge on any atom is -0.339 e. The number of nitrogens with zero attached hydrogens (tertiary/aromatic N) is 2. The summed E-state index contributed by atoms with van der Waals surface area (Å²) >= 11 is 0. The SMILES string of the molecule is Cc1cccc(C)c1C1CCN(C(=O)C=Cc2cccc(C=CC(=O)NO)n2)CC1.Cl. The number of carbonyl (C=O) groups excluding carboxylic acids is 2. The first-order valence-corrected chi connectivity index (χ1v) is 10.1. The fourth-order valence-electron chi connectivity index (χ4n) is 3.97. The molecule has 1 saturated heterocycles. The van der Waals surface area contributed by atoms with Crippen molar-refractivity contribution in [2.24, 2.45) is 0 Å². The van der Waals surface area contributed by atoms with Crippen LogP contribution >= 0.6 is 12.4 Å². The molecule has 2 amide bonds. The zero-order chi connectivity index (χ0) is 21.5. The zero-order valence-corrected chi connectivity index (χ0v) is 18.6. The van der Waals surface area contributed by atoms with E-state index in [1.165, 1.54) is 34.3 Å². The van der Waals surface area contributed by atoms with Gasteiger partial charge >= 0.3 is 0 Å². The standard InChI is InChI=1S/C24H27N3O3.ClH/c1-17-5-3-6-18(2)24(17)19-13-15-27(16-14-19)23(29)12-10-21-8-4-7-20(25-21)9-11-22(28)26-30;/h3-12,19,30H,13-16H2,1-2H3,(H,26,28);1H. The second kappa shape index (κ2) is 11.4. The van der Waals surface area contributed by atoms with E-state index in [-0.39, 0.29) is 18.3 Å². The number of hydroxylamine groups is 1. The number of aryl methyl sites for hydroxylation is 2. The lowest BCUT2D eigenvalue weighted by Gasteiger charge is -2.33. The molecule has 0 bridgehead atoms. The number of rotatable bonds is 5. The summed E-state index contributed by atoms with van der Waals surface area (Å²) in [6, 6.07) is 11.7. The Hall–Kier alpha value is -2.96. The minimum absolute atomic E-state index is 0. The van der Waals surface area contributed by atoms with Crippen molar-refractivity contribution in [1.82, 2.24) is 15.4 Å². The third-order valence-corrected chi connectivity index (χ3v) is 5.46. The van der Waals surface area contributed by atoms with Gasteiger partial charge in [-0.2, -0.15) is 0 Å². The van der Waals surface area contributed by atoms with Crippen molar-refractivity contribution < 1.29 is 14.8 Å². The third kappa shape index (κ3) is 6.51. The van der Waals surface area contributed by atoms with E-state index >= 15 is 0 Å². The number of hydrogen-bond donors (Lipinski definition) is 2. The molecule has 0 spiro atoms. The Labute approximate surface area is 189 Å². The molecule has 1 aliphatic heterocycles. The Morgan fingerprint density at radius 2 is 1.55 bits per heavy atom. The summed E-state index contributed by atoms with van der Waals surface area (Å²) in [6.07, 6.45) is 7.84. The third-order valence-electron chi connectivity index (χ3n) is 5.46. The molecule has 3 rings (SSSR count). The van der Waals surface area contributed by atoms with Crippen molar-refractivity contribution >= 4 is 36.4 Å². The second-order valence-electron chi connectivity index (χ2n) is 7.54. The molecule has 164 valence electrons. The Morgan fingerprint density at radius 3 is 2.13 bits per heavy atom. The second-order valence-corrected chi connectivity index (χ2v) is 7.54. The molecule has 1 fully saturated rings. The molecule has 0 atom stereocenters. The summed E-state index contributed by atoms with van der Waals surface area (Å²) in [5.41, 5.74) is 6.81. The zero-order valence-electron chi connectivity index (χ0n) is 17.7. The number of halogens is 1. The highest BCUT2D eigenvalue weighted by atomic mass is 35.5. The number of amides is 2. The van der Waals surface area contributed by atoms with Crippen LogP contribution in [0.1, 0.15) is 46.8 Å². The average molecular weight is 442 g/mol. The normalized spacial score (nSPS) is 14.6. The molecule has 0 aliphatic carbocycles. The van der Waals surface area contributed by atoms with Gasteiger partial charge in [-0.15, -0.1) is 12.4 Å². The largest absolute Gasteiger partial charge is 0.339 e. The van der Waals surface area contributed by atoms with Crippen LogP contribution in [0.3, 0.4) is 0 Å². The van der Waals surface area contributed by atoms with Gasteiger partial charge in [-0.3, -0.25) is 14.8 Å². The Balaban J connectivity index is 0.00000341. The van der Waals surface area contributed by atoms with Crippen molar-refractivity contribution in [3.63, 3.8) is 0 Å². The molecular formula is C24H28ClN3O3. The number of pyridine rings is 1. The van der Waals surface area contributed by atoms with Crippen LogP contribution in [0.25, 0.3) is 12.2 Å². The highest BCUT2D eigenvalue weighted by molar-refractivity contribution is 5.92. The summed E-state index contributed by atoms with van der Waals surface area (Å²) in [5.74, 6) is -0.143. The molecule has 2 aromatic rings. The van der Waals surface area contributed by atoms with Gasteiger partial charge in [0.2, 0.25) is 5.91 Å². The predicted molar refractivity (Wildman–Crippen MR) is 124 cm³/mol. The lowest BCUT2D eigenvalue weighted by molar-refractivity contribution is -0.127. The van der Waals surface area contributed by atoms with E-state index in [1.54, 1.807) is 30.4 Å². The van der Waals surface area contributed by atoms with Crippen molar-refractivity contribution in [1.29, 1.82) is 0 Å². The summed E-state index contributed by atoms with van der Waals surface area (Å²) in [6.45, 7) is 5.81. The van der Waals surface area contributed by atoms with Crippen LogP contribution in [-0.4, -0.2) is 40.0 Å². The van der Waals surface area contributed by atoms with Crippen molar-refractivity contribution in [3.8, 4) is 0 Å². The first-order chi connectivity index (χ1) is 14.5. The average Bonchev–Trinajstić information content (AvgIpc) is 2.76. The maximum Gasteiger partial charge on any atom is 0.267 e. The molecule has 1 aromatic carbocycles. The lowest BCUT2D eigenvalue weighted by Crippen LogP contribution is -2.37. The highest BCUT2D eigenvalue weighted by Crippen LogP contribution is 2.32. The van der Waals surface area contributed by atoms with Gasteiger partial charge in [0.05, 0.1) is 11.4 Å². The number of piperidine rings is 1. The van der Waals surface area contributed by atoms with E-state index in [0.29, 0.717) is 17.3 Å². The molecule has 2 heterocycles. The van der Waals surface area contributed by atoms with Crippen LogP contribution in [-0.2, 0) is 9.59 Å². The summed E-state index contributed by atoms with van der Waals surface area (Å²) < 4.78 is 0. The van der Waals surface area contributed by atoms with Gasteiger partial charge in [-0.25, -0.2) is 10.5 Å². The van der Waals surface area contributed by atoms with E-state index < -0.39 is 5.91 Å². The number of aromatic nitrogens is 1. The van der Waals surface area contributed by atoms with E-state index in [1.807, 2.05) is 4.90 Å². The van der Waals surface area contributed by atoms with Gasteiger partial charge in [0.15, 0.2) is 0 Å². The van der Waals surface area contributed by atoms with Gasteiger partial charge in [-0.1, -0.05) is 24.3 Å². The van der Waals surface area contributed by atoms with E-state index in [0.717, 1.165) is 25.9 Å². The van der Waals surface area contributed by atoms with Crippen molar-refractivity contribution in [2.75, 3.05) is 13.1 Å². The predicted octanol–water partition coefficient (Wildman–Crippen LogP) is 4.06. The number of likely N-dealkylation sites (tertiary alicyclic amines) is 1. The maximum atomic E-state index is 12.6. The number of hydrogen-bond acceptors (Lipinski definition) is 4. The maximum absolute atomic E-state index is 12.6. The first-order valence-electron chi connectivity index (χ1n) is 10.1. The molecule has 0 saturated carbocycles. The topological polar surface area (TPSA) is 82.5 Å². The van der Waals surface area contributed by atoms with Crippen LogP contribution in [0.15, 0.2) is 48.6 Å². The van der Waals surface area contributed by atoms with Gasteiger partial charge in [0.25, 0.3) is 5.91 Å². The van der Waals surface area contributed by atoms with E-state index in [9.17, 15) is 9.59 Å². The molecule has 2 N–H and O–H groups in total. The van der Waals surface area contributed by atoms with E-state index in [2.05, 4.69) is 37.0 Å². The van der Waals surface area contributed by atoms with Crippen LogP contribution in [0, 0.1) is 13.8 Å². The number of benzene rings is 1. The molecule has 0 radical (unpaired) electrons. The van der Waals surface area contributed by atoms with Crippen LogP contribution in [0.4, 0.5) is 0 Å². The summed E-state index contributed by atoms with van der Waals surface area (Å²) in [4.78, 5) is 29.9. The monoisotopic (exact) mass is 441 g/mol. The summed E-state index contributed by atoms with van der Waals surface area (Å²) in [5, 5.41) is 8.52. The highest BCUT2D eigenvalue weighted by Gasteiger charge is 2.24. The van der Waals surface area contributed by atoms with Gasteiger partial charge in [-0.05, 0) is 73.6 Å². The van der Waals surface area contributed by atoms with Crippen LogP contribution < -0.4 is 5.48 Å². The molecule has 6 nitrogen and oxygen atoms in total. The molecule has 1 aromatic heterocycles. The Morgan fingerprint density at radius 1 is 1.00 bits per heavy atom. The number of carbonyl (C=O) groups is 2. The fourth-order valence-corrected chi connectivity index (χ4v) is 3.97. The quantitative estimate of drug-likeness (QED) is 0.416. The van der Waals surface area contributed by atoms with E-state index in [4.69, 9.17) is 5.21 Å². The van der Waals surface area contributed by atoms with Crippen LogP contribution in [0.5, 0.6) is 0 Å². The molecular weight excluding hydrogens is 414 g/mol. The van der Waals surface area contributed by atoms with Crippen molar-refractivity contribution in [3.05, 3.63) is 76.6 Å². The molecule has 0 unspecified atom stereocenters. The Bertz CT molecular complexity index is 960. The summed E-state index contributed by atoms with van der Waals surface area (Å²) in [7, 11) is 0. The molecule has 1 aliphatic rings. The minimum atomic E-state index is -0.628. The smallest absolute Gasteiger partial charge is 0.267 e. The van der Waals surface area contributed by atoms with Crippen molar-refractivity contribution in [2.45, 2.75) is 32.6 Å². The van der Waals surface area contributed by atoms with Gasteiger partial charge < -0.3 is 4.90 Å². The number of nitrogens with one attached hydrogen (secondary N) is 1. The first kappa shape index (κ1) is 24.3. The molecule has 31 heavy (non-hydrogen) atoms. The Kier molecular flexibility index (Phi) is 8.97. The van der Waals surface area contributed by atoms with Crippen LogP contribution in [0.2, 0.25) is 0 Å². The fraction of sp³-hybridized carbons (Fsp3) is 0.292. The lowest BCUT2D eigenvalue weighted by atomic mass is 9.84. The molecule has 7 heteroatoms. The van der Waals surface area contributed by atoms with Gasteiger partial charge in [0.1, 0.15) is 0 Å². The van der Waals surface area contributed by atoms with Gasteiger partial charge in [0, 0.05) is 25.2 Å².